The van der Waals surface area contributed by atoms with Crippen molar-refractivity contribution in [2.75, 3.05) is 18.6 Å². The molecule has 198 valence electrons. The van der Waals surface area contributed by atoms with Crippen molar-refractivity contribution in [3.8, 4) is 22.2 Å². The van der Waals surface area contributed by atoms with Gasteiger partial charge in [0.1, 0.15) is 10.8 Å². The fraction of sp³-hybridized carbons (Fsp3) is 0.259. The molecule has 0 N–H and O–H groups in total. The Labute approximate surface area is 226 Å². The molecule has 4 heterocycles. The van der Waals surface area contributed by atoms with Crippen LogP contribution < -0.4 is 14.4 Å². The highest BCUT2D eigenvalue weighted by Gasteiger charge is 2.33. The molecule has 3 aromatic heterocycles. The maximum Gasteiger partial charge on any atom is 0.417 e. The van der Waals surface area contributed by atoms with Crippen LogP contribution in [0.3, 0.4) is 0 Å². The predicted octanol–water partition coefficient (Wildman–Crippen LogP) is 5.39. The lowest BCUT2D eigenvalue weighted by Gasteiger charge is -2.19. The third kappa shape index (κ3) is 4.56. The Morgan fingerprint density at radius 3 is 2.69 bits per heavy atom. The van der Waals surface area contributed by atoms with Gasteiger partial charge in [0, 0.05) is 24.2 Å². The Morgan fingerprint density at radius 1 is 1.13 bits per heavy atom. The minimum absolute atomic E-state index is 0.0621. The Balaban J connectivity index is 1.31. The van der Waals surface area contributed by atoms with Gasteiger partial charge >= 0.3 is 6.09 Å². The number of anilines is 1. The Hall–Kier alpha value is -4.45. The van der Waals surface area contributed by atoms with E-state index < -0.39 is 18.2 Å². The molecule has 1 amide bonds. The van der Waals surface area contributed by atoms with E-state index in [1.54, 1.807) is 20.2 Å². The van der Waals surface area contributed by atoms with E-state index in [1.165, 1.54) is 34.7 Å². The van der Waals surface area contributed by atoms with Crippen LogP contribution >= 0.6 is 11.3 Å². The standard InChI is InChI=1S/C27H23FN6O4S/c1-5-36-21-12-31-23-16(6-13(2)7-19(23)32-21)26-33-20-9-18(28)24-17(25(20)39-26)8-22(37-24)38-27(35)34(4)15-10-29-14(3)30-11-15/h6-7,9-12,22H,5,8H2,1-4H3/t22-/m1/s1. The zero-order chi connectivity index (χ0) is 27.3. The molecule has 0 saturated heterocycles. The van der Waals surface area contributed by atoms with Gasteiger partial charge in [-0.15, -0.1) is 11.3 Å². The Morgan fingerprint density at radius 2 is 1.92 bits per heavy atom. The molecule has 6 rings (SSSR count). The van der Waals surface area contributed by atoms with Gasteiger partial charge in [0.05, 0.1) is 58.6 Å². The summed E-state index contributed by atoms with van der Waals surface area (Å²) in [5, 5.41) is 0.671. The van der Waals surface area contributed by atoms with E-state index in [4.69, 9.17) is 19.2 Å². The number of aromatic nitrogens is 5. The smallest absolute Gasteiger partial charge is 0.417 e. The third-order valence-electron chi connectivity index (χ3n) is 6.25. The topological polar surface area (TPSA) is 112 Å². The van der Waals surface area contributed by atoms with E-state index in [1.807, 2.05) is 26.0 Å². The maximum absolute atomic E-state index is 15.1. The van der Waals surface area contributed by atoms with Crippen molar-refractivity contribution >= 4 is 44.4 Å². The highest BCUT2D eigenvalue weighted by Crippen LogP contribution is 2.43. The summed E-state index contributed by atoms with van der Waals surface area (Å²) in [6.45, 7) is 6.09. The molecule has 0 unspecified atom stereocenters. The van der Waals surface area contributed by atoms with Crippen LogP contribution in [0.1, 0.15) is 23.9 Å². The zero-order valence-electron chi connectivity index (χ0n) is 21.6. The number of hydrogen-bond acceptors (Lipinski definition) is 10. The van der Waals surface area contributed by atoms with Crippen LogP contribution in [0.2, 0.25) is 0 Å². The lowest BCUT2D eigenvalue weighted by atomic mass is 10.1. The molecule has 1 atom stereocenters. The van der Waals surface area contributed by atoms with Crippen LogP contribution in [0, 0.1) is 19.7 Å². The molecule has 39 heavy (non-hydrogen) atoms. The first-order valence-corrected chi connectivity index (χ1v) is 13.0. The summed E-state index contributed by atoms with van der Waals surface area (Å²) in [6.07, 6.45) is 3.15. The van der Waals surface area contributed by atoms with Gasteiger partial charge in [0.2, 0.25) is 5.88 Å². The summed E-state index contributed by atoms with van der Waals surface area (Å²) < 4.78 is 32.6. The molecule has 10 nitrogen and oxygen atoms in total. The van der Waals surface area contributed by atoms with Gasteiger partial charge in [0.15, 0.2) is 11.6 Å². The van der Waals surface area contributed by atoms with Crippen molar-refractivity contribution < 1.29 is 23.4 Å². The van der Waals surface area contributed by atoms with Crippen molar-refractivity contribution in [1.82, 2.24) is 24.9 Å². The highest BCUT2D eigenvalue weighted by molar-refractivity contribution is 7.22. The van der Waals surface area contributed by atoms with Crippen LogP contribution in [0.5, 0.6) is 11.6 Å². The van der Waals surface area contributed by atoms with Crippen LogP contribution in [0.15, 0.2) is 36.8 Å². The fourth-order valence-corrected chi connectivity index (χ4v) is 5.51. The minimum atomic E-state index is -0.991. The first kappa shape index (κ1) is 24.9. The van der Waals surface area contributed by atoms with Gasteiger partial charge in [0.25, 0.3) is 6.29 Å². The van der Waals surface area contributed by atoms with E-state index in [2.05, 4.69) is 19.9 Å². The highest BCUT2D eigenvalue weighted by atomic mass is 32.1. The van der Waals surface area contributed by atoms with Crippen molar-refractivity contribution in [1.29, 1.82) is 0 Å². The number of aryl methyl sites for hydroxylation is 2. The van der Waals surface area contributed by atoms with Gasteiger partial charge in [-0.25, -0.2) is 34.1 Å². The largest absolute Gasteiger partial charge is 0.477 e. The monoisotopic (exact) mass is 546 g/mol. The second kappa shape index (κ2) is 9.70. The van der Waals surface area contributed by atoms with Crippen molar-refractivity contribution in [3.05, 3.63) is 59.6 Å². The predicted molar refractivity (Wildman–Crippen MR) is 144 cm³/mol. The number of carbonyl (C=O) groups is 1. The van der Waals surface area contributed by atoms with Gasteiger partial charge < -0.3 is 14.2 Å². The number of hydrogen-bond donors (Lipinski definition) is 0. The van der Waals surface area contributed by atoms with Gasteiger partial charge in [-0.3, -0.25) is 4.90 Å². The number of fused-ring (bicyclic) bond motifs is 4. The van der Waals surface area contributed by atoms with E-state index in [0.717, 1.165) is 15.8 Å². The Kier molecular flexibility index (Phi) is 6.18. The molecule has 0 aliphatic carbocycles. The lowest BCUT2D eigenvalue weighted by Crippen LogP contribution is -2.33. The molecule has 2 aromatic carbocycles. The summed E-state index contributed by atoms with van der Waals surface area (Å²) in [4.78, 5) is 36.1. The molecular weight excluding hydrogens is 523 g/mol. The summed E-state index contributed by atoms with van der Waals surface area (Å²) in [5.41, 5.74) is 4.69. The Bertz CT molecular complexity index is 1740. The molecule has 1 aliphatic heterocycles. The lowest BCUT2D eigenvalue weighted by molar-refractivity contribution is -0.0144. The summed E-state index contributed by atoms with van der Waals surface area (Å²) in [5.74, 6) is 0.527. The van der Waals surface area contributed by atoms with E-state index in [0.29, 0.717) is 51.1 Å². The number of amides is 1. The average Bonchev–Trinajstić information content (AvgIpc) is 3.53. The summed E-state index contributed by atoms with van der Waals surface area (Å²) >= 11 is 1.40. The molecule has 12 heteroatoms. The number of thiazole rings is 1. The molecule has 0 saturated carbocycles. The molecule has 5 aromatic rings. The van der Waals surface area contributed by atoms with E-state index in [9.17, 15) is 4.79 Å². The number of halogens is 1. The quantitative estimate of drug-likeness (QED) is 0.286. The van der Waals surface area contributed by atoms with E-state index >= 15 is 4.39 Å². The molecule has 0 fully saturated rings. The average molecular weight is 547 g/mol. The van der Waals surface area contributed by atoms with Gasteiger partial charge in [-0.1, -0.05) is 0 Å². The van der Waals surface area contributed by atoms with Gasteiger partial charge in [-0.2, -0.15) is 0 Å². The molecule has 0 spiro atoms. The molecular formula is C27H23FN6O4S. The number of ether oxygens (including phenoxy) is 3. The normalized spacial score (nSPS) is 14.3. The SMILES string of the molecule is CCOc1cnc2c(-c3nc4cc(F)c5c(c4s3)C[C@@H](OC(=O)N(C)c3cnc(C)nc3)O5)cc(C)cc2n1. The molecule has 0 radical (unpaired) electrons. The van der Waals surface area contributed by atoms with Gasteiger partial charge in [-0.05, 0) is 38.5 Å². The third-order valence-corrected chi connectivity index (χ3v) is 7.42. The summed E-state index contributed by atoms with van der Waals surface area (Å²) in [6, 6.07) is 5.26. The number of nitrogens with zero attached hydrogens (tertiary/aromatic N) is 6. The summed E-state index contributed by atoms with van der Waals surface area (Å²) in [7, 11) is 1.54. The maximum atomic E-state index is 15.1. The van der Waals surface area contributed by atoms with Crippen LogP contribution in [-0.4, -0.2) is 51.0 Å². The fourth-order valence-electron chi connectivity index (χ4n) is 4.40. The molecule has 0 bridgehead atoms. The first-order valence-electron chi connectivity index (χ1n) is 12.2. The second-order valence-corrected chi connectivity index (χ2v) is 10.0. The zero-order valence-corrected chi connectivity index (χ0v) is 22.4. The van der Waals surface area contributed by atoms with Crippen LogP contribution in [-0.2, 0) is 11.2 Å². The van der Waals surface area contributed by atoms with Crippen LogP contribution in [0.4, 0.5) is 14.9 Å². The minimum Gasteiger partial charge on any atom is -0.477 e. The van der Waals surface area contributed by atoms with Crippen molar-refractivity contribution in [3.63, 3.8) is 0 Å². The van der Waals surface area contributed by atoms with Crippen LogP contribution in [0.25, 0.3) is 31.8 Å². The number of carbonyl (C=O) groups excluding carboxylic acids is 1. The van der Waals surface area contributed by atoms with Crippen molar-refractivity contribution in [2.24, 2.45) is 0 Å². The molecule has 1 aliphatic rings. The number of rotatable bonds is 5. The first-order chi connectivity index (χ1) is 18.8. The van der Waals surface area contributed by atoms with E-state index in [-0.39, 0.29) is 12.2 Å². The second-order valence-electron chi connectivity index (χ2n) is 9.04. The number of benzene rings is 2. The van der Waals surface area contributed by atoms with Crippen molar-refractivity contribution in [2.45, 2.75) is 33.5 Å².